The summed E-state index contributed by atoms with van der Waals surface area (Å²) in [5.41, 5.74) is 13.5. The average molecular weight is 629 g/mol. The Morgan fingerprint density at radius 1 is 1.02 bits per heavy atom. The van der Waals surface area contributed by atoms with Gasteiger partial charge in [0.05, 0.1) is 24.2 Å². The number of nitrogens with one attached hydrogen (secondary N) is 1. The van der Waals surface area contributed by atoms with Crippen molar-refractivity contribution >= 4 is 38.2 Å². The van der Waals surface area contributed by atoms with E-state index in [1.807, 2.05) is 13.8 Å². The number of halogens is 2. The normalized spacial score (nSPS) is 13.5. The molecule has 5 N–H and O–H groups in total. The van der Waals surface area contributed by atoms with Crippen molar-refractivity contribution in [3.05, 3.63) is 54.5 Å². The molecule has 2 heterocycles. The van der Waals surface area contributed by atoms with Crippen LogP contribution in [0.2, 0.25) is 0 Å². The highest BCUT2D eigenvalue weighted by Crippen LogP contribution is 2.38. The monoisotopic (exact) mass is 628 g/mol. The summed E-state index contributed by atoms with van der Waals surface area (Å²) in [6.45, 7) is 4.88. The number of rotatable bonds is 11. The van der Waals surface area contributed by atoms with Crippen molar-refractivity contribution in [2.24, 2.45) is 0 Å². The van der Waals surface area contributed by atoms with Crippen LogP contribution in [0, 0.1) is 5.82 Å². The number of alkyl halides is 1. The molecular weight excluding hydrogens is 590 g/mol. The van der Waals surface area contributed by atoms with Gasteiger partial charge in [0, 0.05) is 35.9 Å². The lowest BCUT2D eigenvalue weighted by atomic mass is 10.0. The van der Waals surface area contributed by atoms with Gasteiger partial charge in [-0.15, -0.1) is 0 Å². The summed E-state index contributed by atoms with van der Waals surface area (Å²) >= 11 is 0. The maximum absolute atomic E-state index is 15.6. The lowest BCUT2D eigenvalue weighted by Crippen LogP contribution is -2.18. The average Bonchev–Trinajstić information content (AvgIpc) is 3.52. The number of hydrogen-bond donors (Lipinski definition) is 3. The molecule has 1 aliphatic carbocycles. The van der Waals surface area contributed by atoms with Crippen LogP contribution in [0.3, 0.4) is 0 Å². The minimum atomic E-state index is -3.93. The standard InChI is InChI=1S/C27H28F2N6O3S.C4H10O/c28-11-4-12-39(36,37)35-21-8-3-7-19(24(21)29)17-13-20-25(22(14-17)38-18-5-1-2-6-18)33-27(34-26(20)31)16-9-10-23(30)32-15-16;1-3-5-4-2/h3,7-10,13-15,18,35H,1-2,4-6,11-12H2,(H2,30,32)(H2,31,33,34);3-4H2,1-2H3. The zero-order valence-corrected chi connectivity index (χ0v) is 25.7. The van der Waals surface area contributed by atoms with E-state index in [9.17, 15) is 12.8 Å². The second-order valence-electron chi connectivity index (χ2n) is 10.2. The van der Waals surface area contributed by atoms with Gasteiger partial charge in [-0.05, 0) is 81.8 Å². The van der Waals surface area contributed by atoms with Crippen LogP contribution in [0.5, 0.6) is 5.75 Å². The maximum Gasteiger partial charge on any atom is 0.232 e. The van der Waals surface area contributed by atoms with Gasteiger partial charge in [-0.1, -0.05) is 12.1 Å². The Kier molecular flexibility index (Phi) is 11.2. The number of nitrogen functional groups attached to an aromatic ring is 2. The molecule has 44 heavy (non-hydrogen) atoms. The number of fused-ring (bicyclic) bond motifs is 1. The third-order valence-electron chi connectivity index (χ3n) is 6.97. The highest BCUT2D eigenvalue weighted by Gasteiger charge is 2.22. The number of ether oxygens (including phenoxy) is 2. The molecule has 0 atom stereocenters. The van der Waals surface area contributed by atoms with Gasteiger partial charge in [0.25, 0.3) is 0 Å². The van der Waals surface area contributed by atoms with Crippen molar-refractivity contribution in [1.82, 2.24) is 15.0 Å². The first kappa shape index (κ1) is 32.8. The number of hydrogen-bond acceptors (Lipinski definition) is 9. The number of nitrogens with zero attached hydrogens (tertiary/aromatic N) is 3. The van der Waals surface area contributed by atoms with Crippen molar-refractivity contribution in [2.75, 3.05) is 41.8 Å². The molecule has 2 aromatic heterocycles. The predicted octanol–water partition coefficient (Wildman–Crippen LogP) is 6.13. The SMILES string of the molecule is CCOCC.Nc1ccc(-c2nc(N)c3cc(-c4cccc(NS(=O)(=O)CCCF)c4F)cc(OC4CCCC4)c3n2)cn1. The van der Waals surface area contributed by atoms with Crippen LogP contribution in [0.25, 0.3) is 33.4 Å². The van der Waals surface area contributed by atoms with Crippen LogP contribution in [0.1, 0.15) is 46.0 Å². The molecule has 236 valence electrons. The zero-order chi connectivity index (χ0) is 31.7. The molecule has 0 amide bonds. The molecule has 0 aliphatic heterocycles. The summed E-state index contributed by atoms with van der Waals surface area (Å²) in [6, 6.07) is 11.1. The van der Waals surface area contributed by atoms with E-state index in [0.29, 0.717) is 39.4 Å². The van der Waals surface area contributed by atoms with Gasteiger partial charge in [0.2, 0.25) is 10.0 Å². The van der Waals surface area contributed by atoms with E-state index in [2.05, 4.69) is 14.7 Å². The van der Waals surface area contributed by atoms with Gasteiger partial charge in [-0.2, -0.15) is 0 Å². The molecule has 0 spiro atoms. The Hall–Kier alpha value is -4.10. The van der Waals surface area contributed by atoms with Gasteiger partial charge >= 0.3 is 0 Å². The van der Waals surface area contributed by atoms with Gasteiger partial charge in [-0.25, -0.2) is 27.8 Å². The molecule has 0 unspecified atom stereocenters. The number of benzene rings is 2. The Balaban J connectivity index is 0.000000818. The Bertz CT molecular complexity index is 1660. The topological polar surface area (TPSA) is 155 Å². The lowest BCUT2D eigenvalue weighted by Gasteiger charge is -2.18. The summed E-state index contributed by atoms with van der Waals surface area (Å²) < 4.78 is 66.1. The third kappa shape index (κ3) is 8.29. The molecule has 13 heteroatoms. The number of anilines is 3. The van der Waals surface area contributed by atoms with E-state index in [-0.39, 0.29) is 29.6 Å². The molecule has 0 saturated heterocycles. The second kappa shape index (κ2) is 15.1. The first-order valence-electron chi connectivity index (χ1n) is 14.6. The minimum absolute atomic E-state index is 0.0280. The Morgan fingerprint density at radius 3 is 2.41 bits per heavy atom. The van der Waals surface area contributed by atoms with Crippen molar-refractivity contribution in [2.45, 2.75) is 52.1 Å². The Morgan fingerprint density at radius 2 is 1.77 bits per heavy atom. The highest BCUT2D eigenvalue weighted by atomic mass is 32.2. The first-order chi connectivity index (χ1) is 21.2. The fourth-order valence-electron chi connectivity index (χ4n) is 4.82. The smallest absolute Gasteiger partial charge is 0.232 e. The number of sulfonamides is 1. The van der Waals surface area contributed by atoms with Crippen molar-refractivity contribution in [1.29, 1.82) is 0 Å². The molecule has 4 aromatic rings. The fourth-order valence-corrected chi connectivity index (χ4v) is 5.91. The Labute approximate surface area is 256 Å². The molecule has 0 radical (unpaired) electrons. The van der Waals surface area contributed by atoms with Crippen LogP contribution >= 0.6 is 0 Å². The summed E-state index contributed by atoms with van der Waals surface area (Å²) in [5, 5.41) is 0.459. The summed E-state index contributed by atoms with van der Waals surface area (Å²) in [6.07, 6.45) is 5.19. The lowest BCUT2D eigenvalue weighted by molar-refractivity contribution is 0.162. The number of aromatic nitrogens is 3. The maximum atomic E-state index is 15.6. The molecule has 1 saturated carbocycles. The number of nitrogens with two attached hydrogens (primary N) is 2. The second-order valence-corrected chi connectivity index (χ2v) is 12.1. The summed E-state index contributed by atoms with van der Waals surface area (Å²) in [5.74, 6) is 0.0395. The van der Waals surface area contributed by atoms with Crippen LogP contribution in [0.4, 0.5) is 26.1 Å². The molecule has 5 rings (SSSR count). The van der Waals surface area contributed by atoms with E-state index >= 15 is 4.39 Å². The largest absolute Gasteiger partial charge is 0.488 e. The van der Waals surface area contributed by atoms with Crippen LogP contribution in [-0.2, 0) is 14.8 Å². The van der Waals surface area contributed by atoms with Crippen molar-refractivity contribution < 1.29 is 26.7 Å². The van der Waals surface area contributed by atoms with Crippen LogP contribution in [-0.4, -0.2) is 55.1 Å². The minimum Gasteiger partial charge on any atom is -0.488 e. The first-order valence-corrected chi connectivity index (χ1v) is 16.2. The third-order valence-corrected chi connectivity index (χ3v) is 8.32. The molecular formula is C31H38F2N6O4S. The summed E-state index contributed by atoms with van der Waals surface area (Å²) in [4.78, 5) is 13.3. The van der Waals surface area contributed by atoms with Gasteiger partial charge < -0.3 is 20.9 Å². The molecule has 1 aliphatic rings. The number of pyridine rings is 1. The van der Waals surface area contributed by atoms with E-state index in [4.69, 9.17) is 25.9 Å². The quantitative estimate of drug-likeness (QED) is 0.178. The molecule has 1 fully saturated rings. The fraction of sp³-hybridized carbons (Fsp3) is 0.387. The molecule has 0 bridgehead atoms. The highest BCUT2D eigenvalue weighted by molar-refractivity contribution is 7.92. The van der Waals surface area contributed by atoms with Crippen molar-refractivity contribution in [3.8, 4) is 28.3 Å². The van der Waals surface area contributed by atoms with Crippen LogP contribution < -0.4 is 20.9 Å². The van der Waals surface area contributed by atoms with Gasteiger partial charge in [-0.3, -0.25) is 9.11 Å². The summed E-state index contributed by atoms with van der Waals surface area (Å²) in [7, 11) is -3.93. The van der Waals surface area contributed by atoms with Gasteiger partial charge in [0.1, 0.15) is 22.9 Å². The van der Waals surface area contributed by atoms with E-state index in [1.54, 1.807) is 30.5 Å². The predicted molar refractivity (Wildman–Crippen MR) is 170 cm³/mol. The van der Waals surface area contributed by atoms with Gasteiger partial charge in [0.15, 0.2) is 11.6 Å². The zero-order valence-electron chi connectivity index (χ0n) is 24.9. The molecule has 10 nitrogen and oxygen atoms in total. The molecule has 2 aromatic carbocycles. The van der Waals surface area contributed by atoms with Crippen molar-refractivity contribution in [3.63, 3.8) is 0 Å². The van der Waals surface area contributed by atoms with E-state index in [0.717, 1.165) is 38.9 Å². The van der Waals surface area contributed by atoms with E-state index in [1.165, 1.54) is 18.2 Å². The van der Waals surface area contributed by atoms with Crippen LogP contribution in [0.15, 0.2) is 48.7 Å². The van der Waals surface area contributed by atoms with E-state index < -0.39 is 28.3 Å².